The molecule has 0 aliphatic heterocycles. The van der Waals surface area contributed by atoms with Crippen molar-refractivity contribution in [1.29, 1.82) is 0 Å². The van der Waals surface area contributed by atoms with Crippen LogP contribution in [0.2, 0.25) is 0 Å². The van der Waals surface area contributed by atoms with Crippen molar-refractivity contribution < 1.29 is 9.59 Å². The minimum Gasteiger partial charge on any atom is -0.336 e. The molecule has 150 valence electrons. The van der Waals surface area contributed by atoms with E-state index in [9.17, 15) is 9.59 Å². The number of aryl methyl sites for hydroxylation is 1. The number of rotatable bonds is 7. The molecule has 0 saturated carbocycles. The Morgan fingerprint density at radius 1 is 1.07 bits per heavy atom. The zero-order chi connectivity index (χ0) is 20.8. The first-order chi connectivity index (χ1) is 13.9. The summed E-state index contributed by atoms with van der Waals surface area (Å²) in [6.45, 7) is 1.97. The maximum Gasteiger partial charge on any atom is 0.243 e. The number of nitrogens with one attached hydrogen (secondary N) is 1. The molecule has 3 rings (SSSR count). The molecule has 2 amide bonds. The Hall–Kier alpha value is -3.13. The zero-order valence-electron chi connectivity index (χ0n) is 16.6. The minimum absolute atomic E-state index is 0.0125. The van der Waals surface area contributed by atoms with Gasteiger partial charge in [-0.25, -0.2) is 0 Å². The Kier molecular flexibility index (Phi) is 6.66. The van der Waals surface area contributed by atoms with Crippen LogP contribution >= 0.6 is 11.8 Å². The van der Waals surface area contributed by atoms with E-state index in [4.69, 9.17) is 0 Å². The van der Waals surface area contributed by atoms with Gasteiger partial charge in [-0.05, 0) is 19.1 Å². The highest BCUT2D eigenvalue weighted by molar-refractivity contribution is 7.99. The fourth-order valence-corrected chi connectivity index (χ4v) is 3.51. The standard InChI is InChI=1S/C21H23N5O2S/c1-15-9-11-17(12-10-15)22-18(27)13-25(2)19(28)14-29-21-24-23-20(26(21)3)16-7-5-4-6-8-16/h4-12H,13-14H2,1-3H3,(H,22,27). The Balaban J connectivity index is 1.52. The summed E-state index contributed by atoms with van der Waals surface area (Å²) in [5.74, 6) is 0.527. The third-order valence-corrected chi connectivity index (χ3v) is 5.34. The predicted octanol–water partition coefficient (Wildman–Crippen LogP) is 2.98. The van der Waals surface area contributed by atoms with Crippen LogP contribution in [-0.4, -0.2) is 50.8 Å². The van der Waals surface area contributed by atoms with E-state index in [-0.39, 0.29) is 24.1 Å². The molecule has 1 N–H and O–H groups in total. The maximum atomic E-state index is 12.4. The van der Waals surface area contributed by atoms with Gasteiger partial charge in [0.25, 0.3) is 0 Å². The van der Waals surface area contributed by atoms with E-state index >= 15 is 0 Å². The average molecular weight is 410 g/mol. The van der Waals surface area contributed by atoms with E-state index in [1.165, 1.54) is 16.7 Å². The van der Waals surface area contributed by atoms with Gasteiger partial charge in [0, 0.05) is 25.3 Å². The quantitative estimate of drug-likeness (QED) is 0.607. The number of carbonyl (C=O) groups is 2. The van der Waals surface area contributed by atoms with Crippen LogP contribution in [0.15, 0.2) is 59.8 Å². The summed E-state index contributed by atoms with van der Waals surface area (Å²) >= 11 is 1.30. The Bertz CT molecular complexity index is 986. The summed E-state index contributed by atoms with van der Waals surface area (Å²) in [5, 5.41) is 11.8. The number of carbonyl (C=O) groups excluding carboxylic acids is 2. The molecular weight excluding hydrogens is 386 g/mol. The molecule has 0 bridgehead atoms. The summed E-state index contributed by atoms with van der Waals surface area (Å²) in [5.41, 5.74) is 2.79. The van der Waals surface area contributed by atoms with Crippen LogP contribution in [0.5, 0.6) is 0 Å². The van der Waals surface area contributed by atoms with Crippen molar-refractivity contribution >= 4 is 29.3 Å². The smallest absolute Gasteiger partial charge is 0.243 e. The molecule has 1 aromatic heterocycles. The van der Waals surface area contributed by atoms with Gasteiger partial charge >= 0.3 is 0 Å². The van der Waals surface area contributed by atoms with E-state index in [1.54, 1.807) is 7.05 Å². The van der Waals surface area contributed by atoms with Crippen molar-refractivity contribution in [3.05, 3.63) is 60.2 Å². The van der Waals surface area contributed by atoms with Gasteiger partial charge in [0.15, 0.2) is 11.0 Å². The molecule has 8 heteroatoms. The number of nitrogens with zero attached hydrogens (tertiary/aromatic N) is 4. The highest BCUT2D eigenvalue weighted by Gasteiger charge is 2.16. The topological polar surface area (TPSA) is 80.1 Å². The third-order valence-electron chi connectivity index (χ3n) is 4.33. The lowest BCUT2D eigenvalue weighted by atomic mass is 10.2. The molecule has 29 heavy (non-hydrogen) atoms. The van der Waals surface area contributed by atoms with E-state index in [1.807, 2.05) is 73.1 Å². The first-order valence-electron chi connectivity index (χ1n) is 9.12. The fourth-order valence-electron chi connectivity index (χ4n) is 2.66. The largest absolute Gasteiger partial charge is 0.336 e. The van der Waals surface area contributed by atoms with Gasteiger partial charge in [0.05, 0.1) is 12.3 Å². The first kappa shape index (κ1) is 20.6. The summed E-state index contributed by atoms with van der Waals surface area (Å²) in [6.07, 6.45) is 0. The third kappa shape index (κ3) is 5.45. The van der Waals surface area contributed by atoms with Gasteiger partial charge in [0.2, 0.25) is 11.8 Å². The molecule has 0 unspecified atom stereocenters. The first-order valence-corrected chi connectivity index (χ1v) is 10.1. The molecule has 0 fully saturated rings. The van der Waals surface area contributed by atoms with Crippen molar-refractivity contribution in [3.8, 4) is 11.4 Å². The molecule has 1 heterocycles. The number of hydrogen-bond donors (Lipinski definition) is 1. The minimum atomic E-state index is -0.236. The number of likely N-dealkylation sites (N-methyl/N-ethyl adjacent to an activating group) is 1. The number of thioether (sulfide) groups is 1. The lowest BCUT2D eigenvalue weighted by Crippen LogP contribution is -2.36. The zero-order valence-corrected chi connectivity index (χ0v) is 17.4. The molecule has 0 radical (unpaired) electrons. The van der Waals surface area contributed by atoms with E-state index in [0.29, 0.717) is 10.8 Å². The van der Waals surface area contributed by atoms with Crippen molar-refractivity contribution in [2.24, 2.45) is 7.05 Å². The summed E-state index contributed by atoms with van der Waals surface area (Å²) < 4.78 is 1.86. The lowest BCUT2D eigenvalue weighted by molar-refractivity contribution is -0.131. The molecule has 0 aliphatic carbocycles. The highest BCUT2D eigenvalue weighted by Crippen LogP contribution is 2.22. The van der Waals surface area contributed by atoms with E-state index < -0.39 is 0 Å². The molecule has 0 spiro atoms. The van der Waals surface area contributed by atoms with E-state index in [2.05, 4.69) is 15.5 Å². The van der Waals surface area contributed by atoms with Gasteiger partial charge < -0.3 is 14.8 Å². The number of aromatic nitrogens is 3. The Morgan fingerprint density at radius 3 is 2.45 bits per heavy atom. The van der Waals surface area contributed by atoms with Gasteiger partial charge in [0.1, 0.15) is 0 Å². The van der Waals surface area contributed by atoms with Crippen molar-refractivity contribution in [2.75, 3.05) is 24.7 Å². The Labute approximate surface area is 174 Å². The number of amides is 2. The van der Waals surface area contributed by atoms with Gasteiger partial charge in [-0.1, -0.05) is 59.8 Å². The second-order valence-electron chi connectivity index (χ2n) is 6.68. The van der Waals surface area contributed by atoms with Gasteiger partial charge in [-0.3, -0.25) is 9.59 Å². The molecule has 7 nitrogen and oxygen atoms in total. The number of benzene rings is 2. The summed E-state index contributed by atoms with van der Waals surface area (Å²) in [6, 6.07) is 17.3. The summed E-state index contributed by atoms with van der Waals surface area (Å²) in [7, 11) is 3.48. The van der Waals surface area contributed by atoms with Crippen molar-refractivity contribution in [2.45, 2.75) is 12.1 Å². The molecule has 0 aliphatic rings. The van der Waals surface area contributed by atoms with Crippen LogP contribution in [0.25, 0.3) is 11.4 Å². The monoisotopic (exact) mass is 409 g/mol. The Morgan fingerprint density at radius 2 is 1.76 bits per heavy atom. The van der Waals surface area contributed by atoms with E-state index in [0.717, 1.165) is 17.0 Å². The van der Waals surface area contributed by atoms with Crippen LogP contribution in [0.3, 0.4) is 0 Å². The number of hydrogen-bond acceptors (Lipinski definition) is 5. The van der Waals surface area contributed by atoms with Crippen LogP contribution in [0.1, 0.15) is 5.56 Å². The van der Waals surface area contributed by atoms with Crippen LogP contribution in [0.4, 0.5) is 5.69 Å². The maximum absolute atomic E-state index is 12.4. The van der Waals surface area contributed by atoms with Crippen molar-refractivity contribution in [1.82, 2.24) is 19.7 Å². The predicted molar refractivity (Wildman–Crippen MR) is 115 cm³/mol. The molecule has 0 saturated heterocycles. The molecule has 3 aromatic rings. The normalized spacial score (nSPS) is 10.6. The van der Waals surface area contributed by atoms with Crippen LogP contribution in [0, 0.1) is 6.92 Å². The SMILES string of the molecule is Cc1ccc(NC(=O)CN(C)C(=O)CSc2nnc(-c3ccccc3)n2C)cc1. The lowest BCUT2D eigenvalue weighted by Gasteiger charge is -2.16. The van der Waals surface area contributed by atoms with Gasteiger partial charge in [-0.15, -0.1) is 10.2 Å². The second-order valence-corrected chi connectivity index (χ2v) is 7.63. The number of anilines is 1. The van der Waals surface area contributed by atoms with Crippen molar-refractivity contribution in [3.63, 3.8) is 0 Å². The molecule has 0 atom stereocenters. The van der Waals surface area contributed by atoms with Crippen LogP contribution in [-0.2, 0) is 16.6 Å². The molecule has 2 aromatic carbocycles. The van der Waals surface area contributed by atoms with Crippen LogP contribution < -0.4 is 5.32 Å². The molecular formula is C21H23N5O2S. The fraction of sp³-hybridized carbons (Fsp3) is 0.238. The average Bonchev–Trinajstić information content (AvgIpc) is 3.08. The summed E-state index contributed by atoms with van der Waals surface area (Å²) in [4.78, 5) is 26.0. The second kappa shape index (κ2) is 9.38. The highest BCUT2D eigenvalue weighted by atomic mass is 32.2. The van der Waals surface area contributed by atoms with Gasteiger partial charge in [-0.2, -0.15) is 0 Å².